The molecule has 0 unspecified atom stereocenters. The summed E-state index contributed by atoms with van der Waals surface area (Å²) >= 11 is 0. The highest BCUT2D eigenvalue weighted by Crippen LogP contribution is 2.33. The molecule has 9 heteroatoms. The number of aromatic nitrogens is 2. The summed E-state index contributed by atoms with van der Waals surface area (Å²) in [5.74, 6) is -1.28. The molecule has 0 saturated carbocycles. The highest BCUT2D eigenvalue weighted by molar-refractivity contribution is 6.11. The fourth-order valence-electron chi connectivity index (χ4n) is 4.34. The zero-order chi connectivity index (χ0) is 24.2. The third kappa shape index (κ3) is 4.75. The van der Waals surface area contributed by atoms with Gasteiger partial charge in [-0.25, -0.2) is 14.2 Å². The highest BCUT2D eigenvalue weighted by Gasteiger charge is 2.29. The number of amides is 1. The molecular weight excluding hydrogens is 439 g/mol. The van der Waals surface area contributed by atoms with Crippen LogP contribution in [-0.4, -0.2) is 47.8 Å². The van der Waals surface area contributed by atoms with E-state index in [1.54, 1.807) is 22.9 Å². The van der Waals surface area contributed by atoms with Crippen LogP contribution in [0.1, 0.15) is 36.3 Å². The smallest absolute Gasteiger partial charge is 0.356 e. The summed E-state index contributed by atoms with van der Waals surface area (Å²) in [6.07, 6.45) is 2.79. The Morgan fingerprint density at radius 3 is 2.82 bits per heavy atom. The molecule has 1 aromatic carbocycles. The minimum atomic E-state index is -0.555. The van der Waals surface area contributed by atoms with Crippen LogP contribution in [0.4, 0.5) is 15.8 Å². The number of hydrogen-bond acceptors (Lipinski definition) is 6. The summed E-state index contributed by atoms with van der Waals surface area (Å²) in [6, 6.07) is 8.45. The number of nitrogens with one attached hydrogen (secondary N) is 2. The molecule has 2 N–H and O–H groups in total. The quantitative estimate of drug-likeness (QED) is 0.486. The van der Waals surface area contributed by atoms with Gasteiger partial charge in [0.25, 0.3) is 0 Å². The molecule has 1 fully saturated rings. The van der Waals surface area contributed by atoms with Crippen molar-refractivity contribution in [2.75, 3.05) is 31.0 Å². The number of nitrogens with zero attached hydrogens (tertiary/aromatic N) is 2. The van der Waals surface area contributed by atoms with E-state index < -0.39 is 5.97 Å². The third-order valence-corrected chi connectivity index (χ3v) is 6.04. The Hall–Kier alpha value is -3.46. The molecule has 2 atom stereocenters. The van der Waals surface area contributed by atoms with E-state index in [1.165, 1.54) is 13.2 Å². The maximum atomic E-state index is 14.1. The highest BCUT2D eigenvalue weighted by atomic mass is 19.1. The number of carbonyl (C=O) groups excluding carboxylic acids is 2. The van der Waals surface area contributed by atoms with Gasteiger partial charge in [0.1, 0.15) is 11.5 Å². The van der Waals surface area contributed by atoms with Crippen molar-refractivity contribution in [1.29, 1.82) is 0 Å². The number of fused-ring (bicyclic) bond motifs is 1. The van der Waals surface area contributed by atoms with Crippen molar-refractivity contribution >= 4 is 34.3 Å². The zero-order valence-corrected chi connectivity index (χ0v) is 19.6. The van der Waals surface area contributed by atoms with Gasteiger partial charge in [0.2, 0.25) is 5.91 Å². The largest absolute Gasteiger partial charge is 0.464 e. The van der Waals surface area contributed by atoms with Gasteiger partial charge in [-0.15, -0.1) is 0 Å². The van der Waals surface area contributed by atoms with Crippen LogP contribution >= 0.6 is 0 Å². The number of ether oxygens (including phenoxy) is 2. The Balaban J connectivity index is 1.68. The fourth-order valence-corrected chi connectivity index (χ4v) is 4.34. The molecule has 0 aliphatic carbocycles. The van der Waals surface area contributed by atoms with Gasteiger partial charge in [0, 0.05) is 24.6 Å². The number of halogens is 1. The maximum Gasteiger partial charge on any atom is 0.356 e. The molecule has 3 heterocycles. The molecule has 2 aromatic heterocycles. The van der Waals surface area contributed by atoms with Crippen molar-refractivity contribution in [1.82, 2.24) is 9.55 Å². The van der Waals surface area contributed by atoms with E-state index in [9.17, 15) is 14.0 Å². The predicted molar refractivity (Wildman–Crippen MR) is 127 cm³/mol. The lowest BCUT2D eigenvalue weighted by Gasteiger charge is -2.16. The van der Waals surface area contributed by atoms with Crippen molar-refractivity contribution < 1.29 is 23.5 Å². The topological polar surface area (TPSA) is 94.5 Å². The van der Waals surface area contributed by atoms with E-state index in [1.807, 2.05) is 26.0 Å². The molecule has 0 bridgehead atoms. The number of carbonyl (C=O) groups is 2. The number of hydrogen-bond donors (Lipinski definition) is 2. The number of methoxy groups -OCH3 is 1. The first-order chi connectivity index (χ1) is 16.4. The zero-order valence-electron chi connectivity index (χ0n) is 19.6. The predicted octanol–water partition coefficient (Wildman–Crippen LogP) is 4.00. The van der Waals surface area contributed by atoms with E-state index in [0.29, 0.717) is 60.6 Å². The van der Waals surface area contributed by atoms with E-state index in [-0.39, 0.29) is 29.4 Å². The van der Waals surface area contributed by atoms with Gasteiger partial charge in [-0.3, -0.25) is 4.79 Å². The van der Waals surface area contributed by atoms with E-state index in [2.05, 4.69) is 15.6 Å². The SMILES string of the molecule is CCn1c(C(=O)OC)c(NC(=O)[C@H]2CCOC2)c2cc(N[C@@H](C)Cc3ccccc3F)cnc21. The Morgan fingerprint density at radius 1 is 1.35 bits per heavy atom. The molecule has 3 aromatic rings. The van der Waals surface area contributed by atoms with Gasteiger partial charge >= 0.3 is 5.97 Å². The van der Waals surface area contributed by atoms with Crippen molar-refractivity contribution in [3.63, 3.8) is 0 Å². The number of pyridine rings is 1. The second kappa shape index (κ2) is 10.2. The average molecular weight is 469 g/mol. The van der Waals surface area contributed by atoms with Gasteiger partial charge in [-0.05, 0) is 44.4 Å². The molecule has 1 aliphatic heterocycles. The van der Waals surface area contributed by atoms with Crippen LogP contribution in [0.5, 0.6) is 0 Å². The summed E-state index contributed by atoms with van der Waals surface area (Å²) < 4.78 is 26.1. The van der Waals surface area contributed by atoms with Gasteiger partial charge in [0.05, 0.1) is 37.2 Å². The lowest BCUT2D eigenvalue weighted by Crippen LogP contribution is -2.24. The van der Waals surface area contributed by atoms with E-state index in [4.69, 9.17) is 9.47 Å². The summed E-state index contributed by atoms with van der Waals surface area (Å²) in [5, 5.41) is 6.91. The number of esters is 1. The number of rotatable bonds is 8. The van der Waals surface area contributed by atoms with E-state index in [0.717, 1.165) is 0 Å². The standard InChI is InChI=1S/C25H29FN4O4/c1-4-30-22(25(32)33-3)21(29-24(31)17-9-10-34-14-17)19-12-18(13-27-23(19)30)28-15(2)11-16-7-5-6-8-20(16)26/h5-8,12-13,15,17,28H,4,9-11,14H2,1-3H3,(H,29,31)/t15-,17-/m0/s1. The van der Waals surface area contributed by atoms with Crippen LogP contribution < -0.4 is 10.6 Å². The average Bonchev–Trinajstić information content (AvgIpc) is 3.47. The monoisotopic (exact) mass is 468 g/mol. The lowest BCUT2D eigenvalue weighted by atomic mass is 10.1. The van der Waals surface area contributed by atoms with Crippen LogP contribution in [0, 0.1) is 11.7 Å². The summed E-state index contributed by atoms with van der Waals surface area (Å²) in [5.41, 5.74) is 2.50. The molecule has 0 radical (unpaired) electrons. The fraction of sp³-hybridized carbons (Fsp3) is 0.400. The second-order valence-corrected chi connectivity index (χ2v) is 8.45. The number of anilines is 2. The summed E-state index contributed by atoms with van der Waals surface area (Å²) in [7, 11) is 1.31. The van der Waals surface area contributed by atoms with Gasteiger partial charge < -0.3 is 24.7 Å². The first-order valence-electron chi connectivity index (χ1n) is 11.4. The minimum Gasteiger partial charge on any atom is -0.464 e. The van der Waals surface area contributed by atoms with E-state index >= 15 is 0 Å². The summed E-state index contributed by atoms with van der Waals surface area (Å²) in [6.45, 7) is 5.20. The Labute approximate surface area is 197 Å². The number of aryl methyl sites for hydroxylation is 1. The van der Waals surface area contributed by atoms with Crippen LogP contribution in [0.15, 0.2) is 36.5 Å². The molecule has 34 heavy (non-hydrogen) atoms. The normalized spacial score (nSPS) is 16.4. The Morgan fingerprint density at radius 2 is 2.15 bits per heavy atom. The van der Waals surface area contributed by atoms with Gasteiger partial charge in [-0.1, -0.05) is 18.2 Å². The van der Waals surface area contributed by atoms with Crippen LogP contribution in [0.2, 0.25) is 0 Å². The molecular formula is C25H29FN4O4. The first-order valence-corrected chi connectivity index (χ1v) is 11.4. The molecule has 1 aliphatic rings. The lowest BCUT2D eigenvalue weighted by molar-refractivity contribution is -0.119. The molecule has 1 amide bonds. The minimum absolute atomic E-state index is 0.0850. The van der Waals surface area contributed by atoms with Gasteiger partial charge in [0.15, 0.2) is 5.69 Å². The van der Waals surface area contributed by atoms with Crippen molar-refractivity contribution in [3.05, 3.63) is 53.6 Å². The molecule has 0 spiro atoms. The Kier molecular flexibility index (Phi) is 7.12. The van der Waals surface area contributed by atoms with Crippen LogP contribution in [0.25, 0.3) is 11.0 Å². The van der Waals surface area contributed by atoms with Crippen molar-refractivity contribution in [2.24, 2.45) is 5.92 Å². The molecule has 1 saturated heterocycles. The molecule has 4 rings (SSSR count). The van der Waals surface area contributed by atoms with Crippen molar-refractivity contribution in [3.8, 4) is 0 Å². The Bertz CT molecular complexity index is 1200. The van der Waals surface area contributed by atoms with Crippen LogP contribution in [0.3, 0.4) is 0 Å². The number of benzene rings is 1. The van der Waals surface area contributed by atoms with Crippen molar-refractivity contribution in [2.45, 2.75) is 39.3 Å². The third-order valence-electron chi connectivity index (χ3n) is 6.04. The maximum absolute atomic E-state index is 14.1. The van der Waals surface area contributed by atoms with Crippen LogP contribution in [-0.2, 0) is 27.2 Å². The first kappa shape index (κ1) is 23.7. The van der Waals surface area contributed by atoms with Gasteiger partial charge in [-0.2, -0.15) is 0 Å². The molecule has 8 nitrogen and oxygen atoms in total. The second-order valence-electron chi connectivity index (χ2n) is 8.45. The molecule has 180 valence electrons. The summed E-state index contributed by atoms with van der Waals surface area (Å²) in [4.78, 5) is 30.2.